The minimum Gasteiger partial charge on any atom is -0.493 e. The third-order valence-electron chi connectivity index (χ3n) is 1.72. The molecule has 6 heteroatoms. The topological polar surface area (TPSA) is 33.0 Å². The molecule has 0 atom stereocenters. The van der Waals surface area contributed by atoms with Crippen LogP contribution in [0.3, 0.4) is 0 Å². The normalized spacial score (nSPS) is 10.9. The molecular weight excluding hydrogens is 287 g/mol. The van der Waals surface area contributed by atoms with E-state index in [1.165, 1.54) is 18.2 Å². The second-order valence-electron chi connectivity index (χ2n) is 2.97. The van der Waals surface area contributed by atoms with Crippen LogP contribution in [0.1, 0.15) is 12.0 Å². The zero-order valence-corrected chi connectivity index (χ0v) is 9.60. The van der Waals surface area contributed by atoms with Crippen molar-refractivity contribution >= 4 is 15.9 Å². The average Bonchev–Trinajstić information content (AvgIpc) is 2.16. The SMILES string of the molecule is N#Cc1ccc(OCCC(F)(F)F)cc1Br. The van der Waals surface area contributed by atoms with Crippen molar-refractivity contribution in [3.63, 3.8) is 0 Å². The third-order valence-corrected chi connectivity index (χ3v) is 2.37. The molecule has 1 aromatic rings. The molecule has 1 rings (SSSR count). The van der Waals surface area contributed by atoms with Gasteiger partial charge < -0.3 is 4.74 Å². The van der Waals surface area contributed by atoms with Crippen molar-refractivity contribution in [2.75, 3.05) is 6.61 Å². The summed E-state index contributed by atoms with van der Waals surface area (Å²) in [6.07, 6.45) is -5.21. The third kappa shape index (κ3) is 4.11. The number of hydrogen-bond donors (Lipinski definition) is 0. The van der Waals surface area contributed by atoms with E-state index in [1.54, 1.807) is 0 Å². The quantitative estimate of drug-likeness (QED) is 0.852. The highest BCUT2D eigenvalue weighted by Gasteiger charge is 2.26. The largest absolute Gasteiger partial charge is 0.493 e. The van der Waals surface area contributed by atoms with E-state index in [2.05, 4.69) is 15.9 Å². The summed E-state index contributed by atoms with van der Waals surface area (Å²) in [5, 5.41) is 8.62. The van der Waals surface area contributed by atoms with Crippen molar-refractivity contribution < 1.29 is 17.9 Å². The van der Waals surface area contributed by atoms with Crippen LogP contribution >= 0.6 is 15.9 Å². The molecule has 16 heavy (non-hydrogen) atoms. The zero-order chi connectivity index (χ0) is 12.2. The van der Waals surface area contributed by atoms with Gasteiger partial charge >= 0.3 is 6.18 Å². The molecule has 0 spiro atoms. The van der Waals surface area contributed by atoms with Crippen LogP contribution in [0.2, 0.25) is 0 Å². The van der Waals surface area contributed by atoms with E-state index in [1.807, 2.05) is 6.07 Å². The number of nitriles is 1. The molecule has 0 radical (unpaired) electrons. The Labute approximate surface area is 98.8 Å². The Morgan fingerprint density at radius 1 is 1.38 bits per heavy atom. The second-order valence-corrected chi connectivity index (χ2v) is 3.82. The Bertz CT molecular complexity index is 412. The van der Waals surface area contributed by atoms with Gasteiger partial charge in [0.15, 0.2) is 0 Å². The van der Waals surface area contributed by atoms with Gasteiger partial charge in [0, 0.05) is 4.47 Å². The number of halogens is 4. The highest BCUT2D eigenvalue weighted by Crippen LogP contribution is 2.24. The Morgan fingerprint density at radius 2 is 2.06 bits per heavy atom. The average molecular weight is 294 g/mol. The van der Waals surface area contributed by atoms with Crippen LogP contribution in [-0.4, -0.2) is 12.8 Å². The lowest BCUT2D eigenvalue weighted by Gasteiger charge is -2.09. The van der Waals surface area contributed by atoms with Gasteiger partial charge in [0.2, 0.25) is 0 Å². The summed E-state index contributed by atoms with van der Waals surface area (Å²) in [4.78, 5) is 0. The monoisotopic (exact) mass is 293 g/mol. The van der Waals surface area contributed by atoms with Gasteiger partial charge in [0.1, 0.15) is 11.8 Å². The molecule has 0 aliphatic rings. The predicted molar refractivity (Wildman–Crippen MR) is 55.0 cm³/mol. The number of benzene rings is 1. The van der Waals surface area contributed by atoms with E-state index in [0.29, 0.717) is 15.8 Å². The molecule has 0 aliphatic carbocycles. The highest BCUT2D eigenvalue weighted by molar-refractivity contribution is 9.10. The zero-order valence-electron chi connectivity index (χ0n) is 8.01. The first-order valence-electron chi connectivity index (χ1n) is 4.31. The first kappa shape index (κ1) is 12.8. The molecule has 0 aliphatic heterocycles. The number of rotatable bonds is 3. The Balaban J connectivity index is 2.57. The Hall–Kier alpha value is -1.22. The summed E-state index contributed by atoms with van der Waals surface area (Å²) in [7, 11) is 0. The van der Waals surface area contributed by atoms with Crippen molar-refractivity contribution in [3.8, 4) is 11.8 Å². The van der Waals surface area contributed by atoms with E-state index in [0.717, 1.165) is 0 Å². The fourth-order valence-corrected chi connectivity index (χ4v) is 1.41. The summed E-state index contributed by atoms with van der Waals surface area (Å²) in [5.41, 5.74) is 0.406. The fourth-order valence-electron chi connectivity index (χ4n) is 0.961. The van der Waals surface area contributed by atoms with Crippen LogP contribution in [0, 0.1) is 11.3 Å². The number of ether oxygens (including phenoxy) is 1. The molecule has 0 unspecified atom stereocenters. The van der Waals surface area contributed by atoms with Gasteiger partial charge in [-0.05, 0) is 34.1 Å². The van der Waals surface area contributed by atoms with Gasteiger partial charge in [0.25, 0.3) is 0 Å². The smallest absolute Gasteiger partial charge is 0.392 e. The van der Waals surface area contributed by atoms with E-state index >= 15 is 0 Å². The summed E-state index contributed by atoms with van der Waals surface area (Å²) in [6.45, 7) is -0.429. The Morgan fingerprint density at radius 3 is 2.56 bits per heavy atom. The first-order valence-corrected chi connectivity index (χ1v) is 5.11. The van der Waals surface area contributed by atoms with Gasteiger partial charge in [-0.25, -0.2) is 0 Å². The number of alkyl halides is 3. The Kier molecular flexibility index (Phi) is 4.19. The lowest BCUT2D eigenvalue weighted by Crippen LogP contribution is -2.13. The van der Waals surface area contributed by atoms with Crippen molar-refractivity contribution in [1.29, 1.82) is 5.26 Å². The maximum absolute atomic E-state index is 11.8. The lowest BCUT2D eigenvalue weighted by atomic mass is 10.2. The van der Waals surface area contributed by atoms with Crippen LogP contribution in [-0.2, 0) is 0 Å². The summed E-state index contributed by atoms with van der Waals surface area (Å²) in [5.74, 6) is 0.301. The summed E-state index contributed by atoms with van der Waals surface area (Å²) < 4.78 is 40.9. The van der Waals surface area contributed by atoms with Crippen LogP contribution in [0.5, 0.6) is 5.75 Å². The van der Waals surface area contributed by atoms with E-state index in [9.17, 15) is 13.2 Å². The molecule has 86 valence electrons. The molecule has 0 aromatic heterocycles. The standard InChI is InChI=1S/C10H7BrF3NO/c11-9-5-8(2-1-7(9)6-15)16-4-3-10(12,13)14/h1-2,5H,3-4H2. The molecule has 0 bridgehead atoms. The van der Waals surface area contributed by atoms with Gasteiger partial charge in [-0.2, -0.15) is 18.4 Å². The predicted octanol–water partition coefficient (Wildman–Crippen LogP) is 3.65. The van der Waals surface area contributed by atoms with E-state index in [-0.39, 0.29) is 0 Å². The maximum Gasteiger partial charge on any atom is 0.392 e. The highest BCUT2D eigenvalue weighted by atomic mass is 79.9. The van der Waals surface area contributed by atoms with Gasteiger partial charge in [-0.3, -0.25) is 0 Å². The molecular formula is C10H7BrF3NO. The van der Waals surface area contributed by atoms with Crippen molar-refractivity contribution in [2.45, 2.75) is 12.6 Å². The molecule has 0 fully saturated rings. The van der Waals surface area contributed by atoms with Crippen LogP contribution in [0.15, 0.2) is 22.7 Å². The molecule has 0 heterocycles. The molecule has 1 aromatic carbocycles. The minimum atomic E-state index is -4.22. The lowest BCUT2D eigenvalue weighted by molar-refractivity contribution is -0.139. The summed E-state index contributed by atoms with van der Waals surface area (Å²) >= 11 is 3.11. The van der Waals surface area contributed by atoms with Crippen LogP contribution in [0.4, 0.5) is 13.2 Å². The minimum absolute atomic E-state index is 0.301. The van der Waals surface area contributed by atoms with E-state index < -0.39 is 19.2 Å². The number of nitrogens with zero attached hydrogens (tertiary/aromatic N) is 1. The molecule has 2 nitrogen and oxygen atoms in total. The van der Waals surface area contributed by atoms with Crippen LogP contribution < -0.4 is 4.74 Å². The number of hydrogen-bond acceptors (Lipinski definition) is 2. The van der Waals surface area contributed by atoms with Gasteiger partial charge in [-0.1, -0.05) is 0 Å². The molecule has 0 N–H and O–H groups in total. The fraction of sp³-hybridized carbons (Fsp3) is 0.300. The molecule has 0 saturated carbocycles. The van der Waals surface area contributed by atoms with Gasteiger partial charge in [-0.15, -0.1) is 0 Å². The second kappa shape index (κ2) is 5.21. The van der Waals surface area contributed by atoms with Crippen molar-refractivity contribution in [3.05, 3.63) is 28.2 Å². The van der Waals surface area contributed by atoms with Gasteiger partial charge in [0.05, 0.1) is 18.6 Å². The summed E-state index contributed by atoms with van der Waals surface area (Å²) in [6, 6.07) is 6.32. The maximum atomic E-state index is 11.8. The van der Waals surface area contributed by atoms with Crippen molar-refractivity contribution in [2.24, 2.45) is 0 Å². The van der Waals surface area contributed by atoms with E-state index in [4.69, 9.17) is 10.00 Å². The molecule has 0 saturated heterocycles. The van der Waals surface area contributed by atoms with Crippen LogP contribution in [0.25, 0.3) is 0 Å². The van der Waals surface area contributed by atoms with Crippen molar-refractivity contribution in [1.82, 2.24) is 0 Å². The first-order chi connectivity index (χ1) is 7.42. The molecule has 0 amide bonds.